The highest BCUT2D eigenvalue weighted by Gasteiger charge is 2.33. The van der Waals surface area contributed by atoms with E-state index in [1.807, 2.05) is 35.2 Å². The van der Waals surface area contributed by atoms with E-state index in [0.717, 1.165) is 4.90 Å². The number of rotatable bonds is 8. The van der Waals surface area contributed by atoms with Gasteiger partial charge in [0.2, 0.25) is 5.91 Å². The SMILES string of the molecule is Cc1ccc(Sc2ccc(NC(=O)CN(Cc3ccco3)[C@@H]3CCS(=O)(=O)C3)cc2)cc1C. The van der Waals surface area contributed by atoms with Crippen LogP contribution in [0.25, 0.3) is 0 Å². The molecule has 2 heterocycles. The van der Waals surface area contributed by atoms with E-state index in [2.05, 4.69) is 37.4 Å². The lowest BCUT2D eigenvalue weighted by Crippen LogP contribution is -2.41. The van der Waals surface area contributed by atoms with Crippen molar-refractivity contribution in [2.75, 3.05) is 23.4 Å². The third-order valence-electron chi connectivity index (χ3n) is 5.86. The second-order valence-corrected chi connectivity index (χ2v) is 11.8. The Bertz CT molecular complexity index is 1210. The molecule has 6 nitrogen and oxygen atoms in total. The molecule has 0 spiro atoms. The zero-order chi connectivity index (χ0) is 23.4. The summed E-state index contributed by atoms with van der Waals surface area (Å²) in [7, 11) is -3.06. The molecule has 33 heavy (non-hydrogen) atoms. The average molecular weight is 485 g/mol. The normalized spacial score (nSPS) is 17.4. The van der Waals surface area contributed by atoms with Crippen LogP contribution in [0.5, 0.6) is 0 Å². The fourth-order valence-electron chi connectivity index (χ4n) is 3.88. The molecule has 3 aromatic rings. The van der Waals surface area contributed by atoms with Crippen molar-refractivity contribution in [2.45, 2.75) is 42.6 Å². The van der Waals surface area contributed by atoms with Crippen LogP contribution in [0.2, 0.25) is 0 Å². The van der Waals surface area contributed by atoms with Gasteiger partial charge in [0.25, 0.3) is 0 Å². The minimum absolute atomic E-state index is 0.0748. The molecule has 2 aromatic carbocycles. The van der Waals surface area contributed by atoms with Crippen molar-refractivity contribution in [1.29, 1.82) is 0 Å². The Morgan fingerprint density at radius 1 is 1.09 bits per heavy atom. The van der Waals surface area contributed by atoms with Crippen molar-refractivity contribution in [1.82, 2.24) is 4.90 Å². The van der Waals surface area contributed by atoms with E-state index < -0.39 is 9.84 Å². The molecule has 1 amide bonds. The first-order valence-corrected chi connectivity index (χ1v) is 13.5. The summed E-state index contributed by atoms with van der Waals surface area (Å²) in [6.45, 7) is 4.70. The first kappa shape index (κ1) is 23.6. The van der Waals surface area contributed by atoms with Gasteiger partial charge >= 0.3 is 0 Å². The molecule has 1 atom stereocenters. The highest BCUT2D eigenvalue weighted by Crippen LogP contribution is 2.30. The van der Waals surface area contributed by atoms with Crippen LogP contribution in [0.1, 0.15) is 23.3 Å². The fourth-order valence-corrected chi connectivity index (χ4v) is 6.56. The monoisotopic (exact) mass is 484 g/mol. The molecule has 1 aliphatic rings. The molecular formula is C25H28N2O4S2. The summed E-state index contributed by atoms with van der Waals surface area (Å²) >= 11 is 1.68. The van der Waals surface area contributed by atoms with Gasteiger partial charge in [0.05, 0.1) is 30.9 Å². The number of amides is 1. The summed E-state index contributed by atoms with van der Waals surface area (Å²) in [6, 6.07) is 17.6. The Labute approximate surface area is 199 Å². The van der Waals surface area contributed by atoms with Crippen LogP contribution >= 0.6 is 11.8 Å². The minimum Gasteiger partial charge on any atom is -0.468 e. The number of carbonyl (C=O) groups excluding carboxylic acids is 1. The standard InChI is InChI=1S/C25H28N2O4S2/c1-18-5-8-24(14-19(18)2)32-23-9-6-20(7-10-23)26-25(28)16-27(15-22-4-3-12-31-22)21-11-13-33(29,30)17-21/h3-10,12,14,21H,11,13,15-17H2,1-2H3,(H,26,28)/t21-/m1/s1. The second kappa shape index (κ2) is 10.2. The number of hydrogen-bond donors (Lipinski definition) is 1. The third kappa shape index (κ3) is 6.50. The molecule has 0 radical (unpaired) electrons. The quantitative estimate of drug-likeness (QED) is 0.500. The van der Waals surface area contributed by atoms with Crippen LogP contribution < -0.4 is 5.32 Å². The van der Waals surface area contributed by atoms with E-state index >= 15 is 0 Å². The first-order chi connectivity index (χ1) is 15.8. The number of nitrogens with zero attached hydrogens (tertiary/aromatic N) is 1. The van der Waals surface area contributed by atoms with Gasteiger partial charge in [0, 0.05) is 21.5 Å². The first-order valence-electron chi connectivity index (χ1n) is 10.9. The maximum absolute atomic E-state index is 12.8. The van der Waals surface area contributed by atoms with Crippen LogP contribution in [0.3, 0.4) is 0 Å². The highest BCUT2D eigenvalue weighted by molar-refractivity contribution is 7.99. The number of anilines is 1. The van der Waals surface area contributed by atoms with E-state index in [0.29, 0.717) is 24.4 Å². The number of hydrogen-bond acceptors (Lipinski definition) is 6. The highest BCUT2D eigenvalue weighted by atomic mass is 32.2. The van der Waals surface area contributed by atoms with Crippen molar-refractivity contribution in [2.24, 2.45) is 0 Å². The molecule has 1 saturated heterocycles. The maximum atomic E-state index is 12.8. The summed E-state index contributed by atoms with van der Waals surface area (Å²) in [6.07, 6.45) is 2.11. The Balaban J connectivity index is 1.38. The van der Waals surface area contributed by atoms with Gasteiger partial charge in [0.1, 0.15) is 5.76 Å². The van der Waals surface area contributed by atoms with E-state index in [-0.39, 0.29) is 30.0 Å². The largest absolute Gasteiger partial charge is 0.468 e. The molecule has 0 saturated carbocycles. The number of aryl methyl sites for hydroxylation is 2. The van der Waals surface area contributed by atoms with E-state index in [4.69, 9.17) is 4.42 Å². The predicted molar refractivity (Wildman–Crippen MR) is 131 cm³/mol. The van der Waals surface area contributed by atoms with Crippen molar-refractivity contribution >= 4 is 33.2 Å². The second-order valence-electron chi connectivity index (χ2n) is 8.46. The molecule has 1 fully saturated rings. The summed E-state index contributed by atoms with van der Waals surface area (Å²) in [4.78, 5) is 16.9. The molecular weight excluding hydrogens is 456 g/mol. The number of nitrogens with one attached hydrogen (secondary N) is 1. The van der Waals surface area contributed by atoms with Gasteiger partial charge in [-0.05, 0) is 79.9 Å². The summed E-state index contributed by atoms with van der Waals surface area (Å²) in [5.41, 5.74) is 3.24. The van der Waals surface area contributed by atoms with Crippen LogP contribution in [0.4, 0.5) is 5.69 Å². The van der Waals surface area contributed by atoms with Crippen LogP contribution in [0, 0.1) is 13.8 Å². The van der Waals surface area contributed by atoms with Gasteiger partial charge in [-0.25, -0.2) is 8.42 Å². The third-order valence-corrected chi connectivity index (χ3v) is 8.61. The van der Waals surface area contributed by atoms with Gasteiger partial charge in [-0.3, -0.25) is 9.69 Å². The summed E-state index contributed by atoms with van der Waals surface area (Å²) in [5, 5.41) is 2.93. The Kier molecular flexibility index (Phi) is 7.26. The van der Waals surface area contributed by atoms with Gasteiger partial charge < -0.3 is 9.73 Å². The van der Waals surface area contributed by atoms with E-state index in [9.17, 15) is 13.2 Å². The van der Waals surface area contributed by atoms with Gasteiger partial charge in [-0.2, -0.15) is 0 Å². The van der Waals surface area contributed by atoms with E-state index in [1.54, 1.807) is 24.1 Å². The summed E-state index contributed by atoms with van der Waals surface area (Å²) in [5.74, 6) is 0.763. The van der Waals surface area contributed by atoms with Crippen LogP contribution in [-0.4, -0.2) is 43.3 Å². The Morgan fingerprint density at radius 2 is 1.85 bits per heavy atom. The van der Waals surface area contributed by atoms with Crippen LogP contribution in [0.15, 0.2) is 75.1 Å². The topological polar surface area (TPSA) is 79.6 Å². The molecule has 4 rings (SSSR count). The number of carbonyl (C=O) groups is 1. The number of sulfone groups is 1. The lowest BCUT2D eigenvalue weighted by atomic mass is 10.1. The van der Waals surface area contributed by atoms with E-state index in [1.165, 1.54) is 16.0 Å². The average Bonchev–Trinajstić information content (AvgIpc) is 3.41. The molecule has 1 N–H and O–H groups in total. The fraction of sp³-hybridized carbons (Fsp3) is 0.320. The molecule has 8 heteroatoms. The van der Waals surface area contributed by atoms with Crippen molar-refractivity contribution < 1.29 is 17.6 Å². The Hall–Kier alpha value is -2.55. The predicted octanol–water partition coefficient (Wildman–Crippen LogP) is 4.68. The smallest absolute Gasteiger partial charge is 0.238 e. The summed E-state index contributed by atoms with van der Waals surface area (Å²) < 4.78 is 29.4. The molecule has 0 aliphatic carbocycles. The Morgan fingerprint density at radius 3 is 2.48 bits per heavy atom. The zero-order valence-corrected chi connectivity index (χ0v) is 20.4. The zero-order valence-electron chi connectivity index (χ0n) is 18.8. The van der Waals surface area contributed by atoms with Crippen molar-refractivity contribution in [3.63, 3.8) is 0 Å². The van der Waals surface area contributed by atoms with Gasteiger partial charge in [0.15, 0.2) is 9.84 Å². The van der Waals surface area contributed by atoms with Gasteiger partial charge in [-0.15, -0.1) is 0 Å². The molecule has 1 aliphatic heterocycles. The number of benzene rings is 2. The van der Waals surface area contributed by atoms with Crippen LogP contribution in [-0.2, 0) is 21.2 Å². The maximum Gasteiger partial charge on any atom is 0.238 e. The van der Waals surface area contributed by atoms with Crippen molar-refractivity contribution in [3.8, 4) is 0 Å². The van der Waals surface area contributed by atoms with Gasteiger partial charge in [-0.1, -0.05) is 17.8 Å². The molecule has 0 unspecified atom stereocenters. The number of furan rings is 1. The lowest BCUT2D eigenvalue weighted by Gasteiger charge is -2.26. The molecule has 1 aromatic heterocycles. The van der Waals surface area contributed by atoms with Crippen molar-refractivity contribution in [3.05, 3.63) is 77.7 Å². The lowest BCUT2D eigenvalue weighted by molar-refractivity contribution is -0.118. The minimum atomic E-state index is -3.06. The molecule has 174 valence electrons. The molecule has 0 bridgehead atoms.